The average Bonchev–Trinajstić information content (AvgIpc) is 2.36. The molecule has 1 unspecified atom stereocenters. The highest BCUT2D eigenvalue weighted by Crippen LogP contribution is 2.36. The van der Waals surface area contributed by atoms with Gasteiger partial charge in [-0.05, 0) is 46.6 Å². The number of benzene rings is 2. The molecule has 0 heterocycles. The van der Waals surface area contributed by atoms with Gasteiger partial charge in [-0.15, -0.1) is 0 Å². The second-order valence-electron chi connectivity index (χ2n) is 4.17. The molecule has 5 heteroatoms. The minimum atomic E-state index is -1.00. The number of aryl methyl sites for hydroxylation is 1. The van der Waals surface area contributed by atoms with Gasteiger partial charge < -0.3 is 5.11 Å². The average molecular weight is 364 g/mol. The molecule has 0 amide bonds. The summed E-state index contributed by atoms with van der Waals surface area (Å²) in [4.78, 5) is 0. The molecule has 1 atom stereocenters. The Hall–Kier alpha value is -0.610. The normalized spacial score (nSPS) is 12.5. The monoisotopic (exact) mass is 362 g/mol. The van der Waals surface area contributed by atoms with E-state index in [9.17, 15) is 9.50 Å². The molecule has 1 N–H and O–H groups in total. The summed E-state index contributed by atoms with van der Waals surface area (Å²) < 4.78 is 14.1. The molecule has 0 aliphatic rings. The first-order chi connectivity index (χ1) is 8.91. The third-order valence-corrected chi connectivity index (χ3v) is 4.49. The molecule has 2 rings (SSSR count). The summed E-state index contributed by atoms with van der Waals surface area (Å²) in [5.41, 5.74) is 1.37. The van der Waals surface area contributed by atoms with E-state index in [0.717, 1.165) is 0 Å². The molecule has 0 spiro atoms. The van der Waals surface area contributed by atoms with Crippen LogP contribution in [0.2, 0.25) is 10.0 Å². The Kier molecular flexibility index (Phi) is 4.51. The van der Waals surface area contributed by atoms with Gasteiger partial charge in [0.05, 0.1) is 5.02 Å². The smallest absolute Gasteiger partial charge is 0.127 e. The second-order valence-corrected chi connectivity index (χ2v) is 5.81. The molecule has 0 saturated carbocycles. The summed E-state index contributed by atoms with van der Waals surface area (Å²) in [6.07, 6.45) is -1.00. The van der Waals surface area contributed by atoms with Crippen molar-refractivity contribution in [3.8, 4) is 0 Å². The van der Waals surface area contributed by atoms with Crippen molar-refractivity contribution < 1.29 is 9.50 Å². The minimum absolute atomic E-state index is 0.173. The Morgan fingerprint density at radius 3 is 2.58 bits per heavy atom. The van der Waals surface area contributed by atoms with Crippen LogP contribution in [0.15, 0.2) is 34.8 Å². The first-order valence-electron chi connectivity index (χ1n) is 5.49. The molecule has 0 aromatic heterocycles. The summed E-state index contributed by atoms with van der Waals surface area (Å²) >= 11 is 15.4. The zero-order chi connectivity index (χ0) is 14.2. The largest absolute Gasteiger partial charge is 0.384 e. The molecule has 0 saturated heterocycles. The highest BCUT2D eigenvalue weighted by Gasteiger charge is 2.19. The molecule has 0 fully saturated rings. The molecule has 2 aromatic carbocycles. The van der Waals surface area contributed by atoms with E-state index in [1.54, 1.807) is 25.1 Å². The van der Waals surface area contributed by atoms with Crippen molar-refractivity contribution in [1.82, 2.24) is 0 Å². The van der Waals surface area contributed by atoms with E-state index < -0.39 is 11.9 Å². The SMILES string of the molecule is Cc1cc(C(O)c2cccc(Br)c2Cl)c(Cl)cc1F. The number of aliphatic hydroxyl groups is 1. The van der Waals surface area contributed by atoms with E-state index in [1.807, 2.05) is 0 Å². The molecule has 0 bridgehead atoms. The Bertz CT molecular complexity index is 631. The number of rotatable bonds is 2. The van der Waals surface area contributed by atoms with Crippen molar-refractivity contribution >= 4 is 39.1 Å². The number of hydrogen-bond acceptors (Lipinski definition) is 1. The van der Waals surface area contributed by atoms with Crippen LogP contribution in [0.5, 0.6) is 0 Å². The van der Waals surface area contributed by atoms with E-state index in [4.69, 9.17) is 23.2 Å². The molecular formula is C14H10BrCl2FO. The van der Waals surface area contributed by atoms with Crippen LogP contribution in [0.1, 0.15) is 22.8 Å². The van der Waals surface area contributed by atoms with E-state index >= 15 is 0 Å². The third-order valence-electron chi connectivity index (χ3n) is 2.85. The van der Waals surface area contributed by atoms with Crippen molar-refractivity contribution in [1.29, 1.82) is 0 Å². The quantitative estimate of drug-likeness (QED) is 0.768. The van der Waals surface area contributed by atoms with Crippen LogP contribution < -0.4 is 0 Å². The molecule has 2 aromatic rings. The van der Waals surface area contributed by atoms with E-state index in [1.165, 1.54) is 12.1 Å². The first-order valence-corrected chi connectivity index (χ1v) is 7.04. The van der Waals surface area contributed by atoms with Crippen molar-refractivity contribution in [2.75, 3.05) is 0 Å². The van der Waals surface area contributed by atoms with E-state index in [-0.39, 0.29) is 5.02 Å². The Morgan fingerprint density at radius 2 is 1.89 bits per heavy atom. The summed E-state index contributed by atoms with van der Waals surface area (Å²) in [6, 6.07) is 7.96. The first kappa shape index (κ1) is 14.8. The van der Waals surface area contributed by atoms with E-state index in [2.05, 4.69) is 15.9 Å². The van der Waals surface area contributed by atoms with Crippen LogP contribution in [-0.2, 0) is 0 Å². The van der Waals surface area contributed by atoms with Crippen molar-refractivity contribution in [2.45, 2.75) is 13.0 Å². The summed E-state index contributed by atoms with van der Waals surface area (Å²) in [6.45, 7) is 1.62. The van der Waals surface area contributed by atoms with Gasteiger partial charge in [-0.25, -0.2) is 4.39 Å². The standard InChI is InChI=1S/C14H10BrCl2FO/c1-7-5-9(11(16)6-12(7)18)14(19)8-3-2-4-10(15)13(8)17/h2-6,14,19H,1H3. The highest BCUT2D eigenvalue weighted by atomic mass is 79.9. The predicted octanol–water partition coefficient (Wildman–Crippen LogP) is 5.29. The van der Waals surface area contributed by atoms with Gasteiger partial charge >= 0.3 is 0 Å². The fourth-order valence-corrected chi connectivity index (χ4v) is 2.65. The lowest BCUT2D eigenvalue weighted by Crippen LogP contribution is -2.03. The molecule has 0 radical (unpaired) electrons. The highest BCUT2D eigenvalue weighted by molar-refractivity contribution is 9.10. The lowest BCUT2D eigenvalue weighted by Gasteiger charge is -2.16. The zero-order valence-electron chi connectivity index (χ0n) is 9.92. The molecule has 0 aliphatic carbocycles. The maximum Gasteiger partial charge on any atom is 0.127 e. The predicted molar refractivity (Wildman–Crippen MR) is 79.4 cm³/mol. The van der Waals surface area contributed by atoms with Gasteiger partial charge in [0.15, 0.2) is 0 Å². The summed E-state index contributed by atoms with van der Waals surface area (Å²) in [7, 11) is 0. The Morgan fingerprint density at radius 1 is 1.21 bits per heavy atom. The molecule has 100 valence electrons. The molecule has 19 heavy (non-hydrogen) atoms. The second kappa shape index (κ2) is 5.80. The third kappa shape index (κ3) is 2.95. The van der Waals surface area contributed by atoms with Crippen molar-refractivity contribution in [3.63, 3.8) is 0 Å². The maximum atomic E-state index is 13.4. The van der Waals surface area contributed by atoms with Crippen LogP contribution in [0.4, 0.5) is 4.39 Å². The Labute approximate surface area is 129 Å². The maximum absolute atomic E-state index is 13.4. The van der Waals surface area contributed by atoms with Crippen LogP contribution in [0, 0.1) is 12.7 Å². The van der Waals surface area contributed by atoms with Gasteiger partial charge in [-0.3, -0.25) is 0 Å². The van der Waals surface area contributed by atoms with Gasteiger partial charge in [0.2, 0.25) is 0 Å². The lowest BCUT2D eigenvalue weighted by molar-refractivity contribution is 0.220. The topological polar surface area (TPSA) is 20.2 Å². The van der Waals surface area contributed by atoms with Gasteiger partial charge in [0.1, 0.15) is 11.9 Å². The molecular weight excluding hydrogens is 354 g/mol. The minimum Gasteiger partial charge on any atom is -0.384 e. The number of aliphatic hydroxyl groups excluding tert-OH is 1. The summed E-state index contributed by atoms with van der Waals surface area (Å²) in [5, 5.41) is 11.0. The number of halogens is 4. The van der Waals surface area contributed by atoms with E-state index in [0.29, 0.717) is 26.2 Å². The van der Waals surface area contributed by atoms with Gasteiger partial charge in [0.25, 0.3) is 0 Å². The number of hydrogen-bond donors (Lipinski definition) is 1. The molecule has 0 aliphatic heterocycles. The van der Waals surface area contributed by atoms with Crippen LogP contribution >= 0.6 is 39.1 Å². The lowest BCUT2D eigenvalue weighted by atomic mass is 9.99. The van der Waals surface area contributed by atoms with Crippen LogP contribution in [-0.4, -0.2) is 5.11 Å². The van der Waals surface area contributed by atoms with Gasteiger partial charge in [-0.2, -0.15) is 0 Å². The van der Waals surface area contributed by atoms with Crippen LogP contribution in [0.25, 0.3) is 0 Å². The van der Waals surface area contributed by atoms with Crippen LogP contribution in [0.3, 0.4) is 0 Å². The fraction of sp³-hybridized carbons (Fsp3) is 0.143. The molecule has 1 nitrogen and oxygen atoms in total. The van der Waals surface area contributed by atoms with Gasteiger partial charge in [0, 0.05) is 20.6 Å². The van der Waals surface area contributed by atoms with Gasteiger partial charge in [-0.1, -0.05) is 35.3 Å². The van der Waals surface area contributed by atoms with Crippen molar-refractivity contribution in [2.24, 2.45) is 0 Å². The fourth-order valence-electron chi connectivity index (χ4n) is 1.79. The van der Waals surface area contributed by atoms with Crippen molar-refractivity contribution in [3.05, 3.63) is 67.4 Å². The summed E-state index contributed by atoms with van der Waals surface area (Å²) in [5.74, 6) is -0.402. The Balaban J connectivity index is 2.53. The zero-order valence-corrected chi connectivity index (χ0v) is 13.0.